The molecule has 0 aliphatic heterocycles. The lowest BCUT2D eigenvalue weighted by Gasteiger charge is -2.22. The molecule has 1 unspecified atom stereocenters. The van der Waals surface area contributed by atoms with Crippen molar-refractivity contribution in [3.63, 3.8) is 0 Å². The molecule has 1 amide bonds. The monoisotopic (exact) mass is 349 g/mol. The standard InChI is InChI=1S/C14H22F3N5O2/c1-7(20-12(23)24-13(2,3)4)5-6-8-9(14(15,16)17)10(18)22-11(19)21-8/h7H,5-6H2,1-4H3,(H,20,23)(H4,18,19,21,22). The van der Waals surface area contributed by atoms with Crippen LogP contribution in [-0.2, 0) is 17.3 Å². The summed E-state index contributed by atoms with van der Waals surface area (Å²) in [7, 11) is 0. The predicted molar refractivity (Wildman–Crippen MR) is 83.0 cm³/mol. The average Bonchev–Trinajstić information content (AvgIpc) is 2.30. The fourth-order valence-corrected chi connectivity index (χ4v) is 1.97. The molecule has 0 aliphatic carbocycles. The number of alkyl carbamates (subject to hydrolysis) is 1. The first-order valence-electron chi connectivity index (χ1n) is 7.28. The minimum absolute atomic E-state index is 0.0806. The van der Waals surface area contributed by atoms with E-state index in [1.54, 1.807) is 27.7 Å². The highest BCUT2D eigenvalue weighted by Gasteiger charge is 2.37. The average molecular weight is 349 g/mol. The number of ether oxygens (including phenoxy) is 1. The molecule has 0 fully saturated rings. The van der Waals surface area contributed by atoms with Gasteiger partial charge in [-0.05, 0) is 40.5 Å². The Balaban J connectivity index is 2.79. The second-order valence-electron chi connectivity index (χ2n) is 6.37. The minimum atomic E-state index is -4.69. The van der Waals surface area contributed by atoms with Crippen molar-refractivity contribution in [3.05, 3.63) is 11.3 Å². The summed E-state index contributed by atoms with van der Waals surface area (Å²) in [6, 6.07) is -0.432. The van der Waals surface area contributed by atoms with Gasteiger partial charge in [-0.3, -0.25) is 0 Å². The van der Waals surface area contributed by atoms with E-state index in [1.807, 2.05) is 0 Å². The normalized spacial score (nSPS) is 13.5. The summed E-state index contributed by atoms with van der Waals surface area (Å²) < 4.78 is 44.3. The van der Waals surface area contributed by atoms with E-state index < -0.39 is 35.3 Å². The number of carbonyl (C=O) groups is 1. The number of rotatable bonds is 4. The van der Waals surface area contributed by atoms with Crippen LogP contribution in [-0.4, -0.2) is 27.7 Å². The van der Waals surface area contributed by atoms with Crippen molar-refractivity contribution in [1.29, 1.82) is 0 Å². The molecule has 0 aromatic carbocycles. The summed E-state index contributed by atoms with van der Waals surface area (Å²) in [5.41, 5.74) is 8.63. The van der Waals surface area contributed by atoms with Crippen LogP contribution in [0.3, 0.4) is 0 Å². The molecule has 0 radical (unpaired) electrons. The van der Waals surface area contributed by atoms with Gasteiger partial charge in [-0.25, -0.2) is 9.78 Å². The molecule has 0 saturated heterocycles. The van der Waals surface area contributed by atoms with Crippen LogP contribution in [0, 0.1) is 0 Å². The van der Waals surface area contributed by atoms with E-state index >= 15 is 0 Å². The second kappa shape index (κ2) is 7.10. The SMILES string of the molecule is CC(CCc1nc(N)nc(N)c1C(F)(F)F)NC(=O)OC(C)(C)C. The number of nitrogens with zero attached hydrogens (tertiary/aromatic N) is 2. The van der Waals surface area contributed by atoms with Crippen molar-refractivity contribution in [2.24, 2.45) is 0 Å². The van der Waals surface area contributed by atoms with Gasteiger partial charge < -0.3 is 21.5 Å². The molecule has 136 valence electrons. The maximum absolute atomic E-state index is 13.1. The first-order chi connectivity index (χ1) is 10.8. The van der Waals surface area contributed by atoms with Gasteiger partial charge in [0, 0.05) is 6.04 Å². The number of nitrogens with two attached hydrogens (primary N) is 2. The summed E-state index contributed by atoms with van der Waals surface area (Å²) in [6.07, 6.45) is -5.22. The van der Waals surface area contributed by atoms with Crippen molar-refractivity contribution in [1.82, 2.24) is 15.3 Å². The van der Waals surface area contributed by atoms with Crippen LogP contribution in [0.25, 0.3) is 0 Å². The highest BCUT2D eigenvalue weighted by molar-refractivity contribution is 5.68. The summed E-state index contributed by atoms with van der Waals surface area (Å²) in [5.74, 6) is -1.04. The number of hydrogen-bond donors (Lipinski definition) is 3. The Morgan fingerprint density at radius 1 is 1.25 bits per heavy atom. The molecule has 1 rings (SSSR count). The first-order valence-corrected chi connectivity index (χ1v) is 7.28. The third-order valence-corrected chi connectivity index (χ3v) is 2.89. The van der Waals surface area contributed by atoms with Gasteiger partial charge >= 0.3 is 12.3 Å². The third kappa shape index (κ3) is 6.09. The summed E-state index contributed by atoms with van der Waals surface area (Å²) >= 11 is 0. The zero-order valence-electron chi connectivity index (χ0n) is 14.0. The van der Waals surface area contributed by atoms with Crippen LogP contribution in [0.4, 0.5) is 29.7 Å². The third-order valence-electron chi connectivity index (χ3n) is 2.89. The molecule has 0 aliphatic rings. The zero-order chi connectivity index (χ0) is 18.7. The number of halogens is 3. The van der Waals surface area contributed by atoms with Gasteiger partial charge in [0.2, 0.25) is 5.95 Å². The molecule has 0 saturated carbocycles. The van der Waals surface area contributed by atoms with Crippen LogP contribution >= 0.6 is 0 Å². The largest absolute Gasteiger partial charge is 0.444 e. The Kier molecular flexibility index (Phi) is 5.85. The Hall–Kier alpha value is -2.26. The van der Waals surface area contributed by atoms with Gasteiger partial charge in [-0.15, -0.1) is 0 Å². The molecular formula is C14H22F3N5O2. The lowest BCUT2D eigenvalue weighted by atomic mass is 10.1. The van der Waals surface area contributed by atoms with Crippen LogP contribution in [0.2, 0.25) is 0 Å². The number of aromatic nitrogens is 2. The van der Waals surface area contributed by atoms with Crippen molar-refractivity contribution in [3.8, 4) is 0 Å². The minimum Gasteiger partial charge on any atom is -0.444 e. The fourth-order valence-electron chi connectivity index (χ4n) is 1.97. The molecule has 1 aromatic rings. The van der Waals surface area contributed by atoms with E-state index in [9.17, 15) is 18.0 Å². The lowest BCUT2D eigenvalue weighted by Crippen LogP contribution is -2.38. The molecule has 5 N–H and O–H groups in total. The smallest absolute Gasteiger partial charge is 0.421 e. The maximum Gasteiger partial charge on any atom is 0.421 e. The van der Waals surface area contributed by atoms with Gasteiger partial charge in [0.05, 0.1) is 5.69 Å². The molecule has 7 nitrogen and oxygen atoms in total. The Bertz CT molecular complexity index is 599. The maximum atomic E-state index is 13.1. The highest BCUT2D eigenvalue weighted by Crippen LogP contribution is 2.35. The summed E-state index contributed by atoms with van der Waals surface area (Å²) in [4.78, 5) is 18.6. The number of carbonyl (C=O) groups excluding carboxylic acids is 1. The van der Waals surface area contributed by atoms with Crippen LogP contribution in [0.5, 0.6) is 0 Å². The quantitative estimate of drug-likeness (QED) is 0.769. The van der Waals surface area contributed by atoms with Gasteiger partial charge in [-0.2, -0.15) is 18.2 Å². The molecule has 1 heterocycles. The van der Waals surface area contributed by atoms with Crippen molar-refractivity contribution in [2.45, 2.75) is 58.4 Å². The highest BCUT2D eigenvalue weighted by atomic mass is 19.4. The number of amides is 1. The molecular weight excluding hydrogens is 327 g/mol. The molecule has 0 bridgehead atoms. The second-order valence-corrected chi connectivity index (χ2v) is 6.37. The Labute approximate surface area is 138 Å². The number of nitrogens with one attached hydrogen (secondary N) is 1. The number of aryl methyl sites for hydroxylation is 1. The van der Waals surface area contributed by atoms with E-state index in [4.69, 9.17) is 16.2 Å². The topological polar surface area (TPSA) is 116 Å². The first kappa shape index (κ1) is 19.8. The van der Waals surface area contributed by atoms with Crippen LogP contribution in [0.1, 0.15) is 45.4 Å². The molecule has 1 atom stereocenters. The molecule has 24 heavy (non-hydrogen) atoms. The number of alkyl halides is 3. The van der Waals surface area contributed by atoms with E-state index in [2.05, 4.69) is 15.3 Å². The van der Waals surface area contributed by atoms with Gasteiger partial charge in [-0.1, -0.05) is 0 Å². The van der Waals surface area contributed by atoms with Crippen molar-refractivity contribution in [2.75, 3.05) is 11.5 Å². The molecule has 0 spiro atoms. The van der Waals surface area contributed by atoms with Gasteiger partial charge in [0.1, 0.15) is 17.0 Å². The van der Waals surface area contributed by atoms with E-state index in [-0.39, 0.29) is 24.5 Å². The van der Waals surface area contributed by atoms with E-state index in [1.165, 1.54) is 0 Å². The van der Waals surface area contributed by atoms with Crippen LogP contribution in [0.15, 0.2) is 0 Å². The van der Waals surface area contributed by atoms with Crippen LogP contribution < -0.4 is 16.8 Å². The molecule has 1 aromatic heterocycles. The fraction of sp³-hybridized carbons (Fsp3) is 0.643. The zero-order valence-corrected chi connectivity index (χ0v) is 14.0. The Morgan fingerprint density at radius 2 is 1.83 bits per heavy atom. The van der Waals surface area contributed by atoms with Crippen molar-refractivity contribution >= 4 is 17.9 Å². The van der Waals surface area contributed by atoms with Gasteiger partial charge in [0.15, 0.2) is 0 Å². The van der Waals surface area contributed by atoms with Gasteiger partial charge in [0.25, 0.3) is 0 Å². The number of anilines is 2. The van der Waals surface area contributed by atoms with Crippen molar-refractivity contribution < 1.29 is 22.7 Å². The predicted octanol–water partition coefficient (Wildman–Crippen LogP) is 2.51. The van der Waals surface area contributed by atoms with E-state index in [0.29, 0.717) is 0 Å². The molecule has 10 heteroatoms. The summed E-state index contributed by atoms with van der Waals surface area (Å²) in [6.45, 7) is 6.77. The lowest BCUT2D eigenvalue weighted by molar-refractivity contribution is -0.138. The Morgan fingerprint density at radius 3 is 2.33 bits per heavy atom. The number of hydrogen-bond acceptors (Lipinski definition) is 6. The number of nitrogen functional groups attached to an aromatic ring is 2. The van der Waals surface area contributed by atoms with E-state index in [0.717, 1.165) is 0 Å². The summed E-state index contributed by atoms with van der Waals surface area (Å²) in [5, 5.41) is 2.55.